The molecule has 0 amide bonds. The van der Waals surface area contributed by atoms with Crippen molar-refractivity contribution in [1.29, 1.82) is 0 Å². The van der Waals surface area contributed by atoms with Gasteiger partial charge >= 0.3 is 0 Å². The lowest BCUT2D eigenvalue weighted by Gasteiger charge is -2.48. The van der Waals surface area contributed by atoms with E-state index >= 15 is 0 Å². The molecule has 146 valence electrons. The van der Waals surface area contributed by atoms with Gasteiger partial charge in [0.25, 0.3) is 0 Å². The van der Waals surface area contributed by atoms with Gasteiger partial charge in [-0.25, -0.2) is 4.99 Å². The van der Waals surface area contributed by atoms with Crippen LogP contribution in [0.5, 0.6) is 0 Å². The molecule has 2 N–H and O–H groups in total. The van der Waals surface area contributed by atoms with Crippen LogP contribution in [0.2, 0.25) is 0 Å². The Morgan fingerprint density at radius 2 is 2.00 bits per heavy atom. The number of ether oxygens (including phenoxy) is 1. The van der Waals surface area contributed by atoms with E-state index in [-0.39, 0.29) is 5.54 Å². The maximum atomic E-state index is 5.58. The normalized spacial score (nSPS) is 21.5. The molecular formula is C19H34N6O. The molecule has 2 fully saturated rings. The summed E-state index contributed by atoms with van der Waals surface area (Å²) in [5, 5.41) is 11.2. The predicted molar refractivity (Wildman–Crippen MR) is 104 cm³/mol. The minimum Gasteiger partial charge on any atom is -0.379 e. The van der Waals surface area contributed by atoms with E-state index in [4.69, 9.17) is 9.73 Å². The van der Waals surface area contributed by atoms with Crippen LogP contribution in [0.25, 0.3) is 0 Å². The molecule has 1 aliphatic carbocycles. The summed E-state index contributed by atoms with van der Waals surface area (Å²) in [5.41, 5.74) is 1.37. The van der Waals surface area contributed by atoms with Crippen molar-refractivity contribution < 1.29 is 4.74 Å². The number of nitrogens with one attached hydrogen (secondary N) is 2. The standard InChI is InChI=1S/C19H34N6O/c1-3-20-18(21-13-17-14-23-24(2)15-17)22-16-19(7-5-4-6-8-19)25-9-11-26-12-10-25/h14-15H,3-13,16H2,1-2H3,(H2,20,21,22). The van der Waals surface area contributed by atoms with Crippen LogP contribution in [0.15, 0.2) is 17.4 Å². The molecule has 1 aliphatic heterocycles. The molecule has 7 nitrogen and oxygen atoms in total. The fourth-order valence-electron chi connectivity index (χ4n) is 4.17. The fraction of sp³-hybridized carbons (Fsp3) is 0.789. The summed E-state index contributed by atoms with van der Waals surface area (Å²) in [7, 11) is 1.94. The molecule has 1 saturated carbocycles. The second kappa shape index (κ2) is 9.37. The van der Waals surface area contributed by atoms with Gasteiger partial charge in [-0.3, -0.25) is 9.58 Å². The highest BCUT2D eigenvalue weighted by Crippen LogP contribution is 2.33. The molecule has 1 aromatic heterocycles. The first-order chi connectivity index (χ1) is 12.7. The molecule has 3 rings (SSSR count). The Morgan fingerprint density at radius 3 is 2.65 bits per heavy atom. The van der Waals surface area contributed by atoms with E-state index in [1.54, 1.807) is 0 Å². The summed E-state index contributed by atoms with van der Waals surface area (Å²) in [6.45, 7) is 8.38. The van der Waals surface area contributed by atoms with Crippen molar-refractivity contribution in [2.75, 3.05) is 39.4 Å². The number of guanidine groups is 1. The second-order valence-corrected chi connectivity index (χ2v) is 7.46. The lowest BCUT2D eigenvalue weighted by Crippen LogP contribution is -2.60. The fourth-order valence-corrected chi connectivity index (χ4v) is 4.17. The number of aliphatic imine (C=N–C) groups is 1. The van der Waals surface area contributed by atoms with Crippen LogP contribution in [0.1, 0.15) is 44.6 Å². The lowest BCUT2D eigenvalue weighted by atomic mass is 9.80. The summed E-state index contributed by atoms with van der Waals surface area (Å²) in [6.07, 6.45) is 10.4. The highest BCUT2D eigenvalue weighted by atomic mass is 16.5. The molecule has 7 heteroatoms. The maximum Gasteiger partial charge on any atom is 0.191 e. The monoisotopic (exact) mass is 362 g/mol. The molecule has 0 atom stereocenters. The van der Waals surface area contributed by atoms with Gasteiger partial charge < -0.3 is 15.4 Å². The Balaban J connectivity index is 1.64. The Kier molecular flexibility index (Phi) is 6.91. The first-order valence-corrected chi connectivity index (χ1v) is 10.0. The first kappa shape index (κ1) is 19.2. The van der Waals surface area contributed by atoms with Gasteiger partial charge in [-0.2, -0.15) is 5.10 Å². The third-order valence-corrected chi connectivity index (χ3v) is 5.57. The Hall–Kier alpha value is -1.60. The van der Waals surface area contributed by atoms with Crippen LogP contribution in [-0.2, 0) is 18.3 Å². The van der Waals surface area contributed by atoms with E-state index in [1.807, 2.05) is 24.1 Å². The molecule has 0 spiro atoms. The van der Waals surface area contributed by atoms with Crippen molar-refractivity contribution in [3.05, 3.63) is 18.0 Å². The summed E-state index contributed by atoms with van der Waals surface area (Å²) < 4.78 is 7.40. The van der Waals surface area contributed by atoms with Gasteiger partial charge in [0, 0.05) is 50.5 Å². The largest absolute Gasteiger partial charge is 0.379 e. The topological polar surface area (TPSA) is 66.7 Å². The van der Waals surface area contributed by atoms with Crippen molar-refractivity contribution in [1.82, 2.24) is 25.3 Å². The van der Waals surface area contributed by atoms with E-state index in [1.165, 1.54) is 32.1 Å². The molecule has 0 bridgehead atoms. The van der Waals surface area contributed by atoms with E-state index in [2.05, 4.69) is 27.6 Å². The molecule has 26 heavy (non-hydrogen) atoms. The Bertz CT molecular complexity index is 572. The first-order valence-electron chi connectivity index (χ1n) is 10.0. The molecule has 1 aromatic rings. The molecular weight excluding hydrogens is 328 g/mol. The number of hydrogen-bond acceptors (Lipinski definition) is 4. The van der Waals surface area contributed by atoms with E-state index in [0.29, 0.717) is 6.54 Å². The molecule has 0 unspecified atom stereocenters. The highest BCUT2D eigenvalue weighted by Gasteiger charge is 2.38. The van der Waals surface area contributed by atoms with Crippen LogP contribution >= 0.6 is 0 Å². The summed E-state index contributed by atoms with van der Waals surface area (Å²) in [4.78, 5) is 7.42. The van der Waals surface area contributed by atoms with Crippen molar-refractivity contribution in [3.8, 4) is 0 Å². The van der Waals surface area contributed by atoms with Crippen molar-refractivity contribution >= 4 is 5.96 Å². The molecule has 1 saturated heterocycles. The Labute approximate surface area is 157 Å². The van der Waals surface area contributed by atoms with Gasteiger partial charge in [0.1, 0.15) is 0 Å². The summed E-state index contributed by atoms with van der Waals surface area (Å²) in [6, 6.07) is 0. The number of hydrogen-bond donors (Lipinski definition) is 2. The zero-order valence-electron chi connectivity index (χ0n) is 16.3. The molecule has 0 radical (unpaired) electrons. The SMILES string of the molecule is CCNC(=NCc1cnn(C)c1)NCC1(N2CCOCC2)CCCCC1. The number of aromatic nitrogens is 2. The van der Waals surface area contributed by atoms with Gasteiger partial charge in [-0.15, -0.1) is 0 Å². The lowest BCUT2D eigenvalue weighted by molar-refractivity contribution is -0.0352. The van der Waals surface area contributed by atoms with Crippen LogP contribution in [0, 0.1) is 0 Å². The zero-order chi connectivity index (χ0) is 18.2. The highest BCUT2D eigenvalue weighted by molar-refractivity contribution is 5.79. The van der Waals surface area contributed by atoms with Crippen molar-refractivity contribution in [2.24, 2.45) is 12.0 Å². The quantitative estimate of drug-likeness (QED) is 0.593. The van der Waals surface area contributed by atoms with Crippen LogP contribution < -0.4 is 10.6 Å². The van der Waals surface area contributed by atoms with Crippen molar-refractivity contribution in [2.45, 2.75) is 51.1 Å². The van der Waals surface area contributed by atoms with Gasteiger partial charge in [0.05, 0.1) is 26.0 Å². The minimum absolute atomic E-state index is 0.243. The molecule has 2 aliphatic rings. The van der Waals surface area contributed by atoms with Crippen LogP contribution in [0.4, 0.5) is 0 Å². The smallest absolute Gasteiger partial charge is 0.191 e. The van der Waals surface area contributed by atoms with Gasteiger partial charge in [-0.1, -0.05) is 19.3 Å². The predicted octanol–water partition coefficient (Wildman–Crippen LogP) is 1.51. The van der Waals surface area contributed by atoms with Gasteiger partial charge in [0.2, 0.25) is 0 Å². The minimum atomic E-state index is 0.243. The molecule has 2 heterocycles. The number of nitrogens with zero attached hydrogens (tertiary/aromatic N) is 4. The number of aryl methyl sites for hydroxylation is 1. The number of rotatable bonds is 6. The van der Waals surface area contributed by atoms with E-state index in [0.717, 1.165) is 50.9 Å². The third-order valence-electron chi connectivity index (χ3n) is 5.57. The second-order valence-electron chi connectivity index (χ2n) is 7.46. The van der Waals surface area contributed by atoms with Crippen LogP contribution in [-0.4, -0.2) is 65.6 Å². The van der Waals surface area contributed by atoms with Crippen LogP contribution in [0.3, 0.4) is 0 Å². The van der Waals surface area contributed by atoms with Gasteiger partial charge in [-0.05, 0) is 19.8 Å². The number of morpholine rings is 1. The summed E-state index contributed by atoms with van der Waals surface area (Å²) >= 11 is 0. The maximum absolute atomic E-state index is 5.58. The zero-order valence-corrected chi connectivity index (χ0v) is 16.3. The van der Waals surface area contributed by atoms with Gasteiger partial charge in [0.15, 0.2) is 5.96 Å². The third kappa shape index (κ3) is 4.98. The van der Waals surface area contributed by atoms with Crippen molar-refractivity contribution in [3.63, 3.8) is 0 Å². The average Bonchev–Trinajstić information content (AvgIpc) is 3.11. The molecule has 0 aromatic carbocycles. The Morgan fingerprint density at radius 1 is 1.23 bits per heavy atom. The van der Waals surface area contributed by atoms with E-state index < -0.39 is 0 Å². The summed E-state index contributed by atoms with van der Waals surface area (Å²) in [5.74, 6) is 0.898. The van der Waals surface area contributed by atoms with E-state index in [9.17, 15) is 0 Å². The average molecular weight is 363 g/mol.